The SMILES string of the molecule is CC1CCCN(Cc2ccc(NC(=O)CNC(=O)c3ccc(F)cc3)cc2)C1. The number of halogens is 1. The van der Waals surface area contributed by atoms with Crippen LogP contribution >= 0.6 is 0 Å². The van der Waals surface area contributed by atoms with Gasteiger partial charge in [0.15, 0.2) is 0 Å². The van der Waals surface area contributed by atoms with Crippen LogP contribution in [0.25, 0.3) is 0 Å². The van der Waals surface area contributed by atoms with E-state index in [0.29, 0.717) is 11.3 Å². The van der Waals surface area contributed by atoms with Gasteiger partial charge in [-0.25, -0.2) is 4.39 Å². The molecule has 1 fully saturated rings. The molecule has 6 heteroatoms. The molecule has 0 saturated carbocycles. The molecule has 28 heavy (non-hydrogen) atoms. The first-order valence-corrected chi connectivity index (χ1v) is 9.64. The maximum absolute atomic E-state index is 12.9. The zero-order chi connectivity index (χ0) is 19.9. The van der Waals surface area contributed by atoms with E-state index in [2.05, 4.69) is 22.5 Å². The van der Waals surface area contributed by atoms with Gasteiger partial charge in [-0.05, 0) is 67.3 Å². The number of amides is 2. The van der Waals surface area contributed by atoms with Crippen LogP contribution in [-0.2, 0) is 11.3 Å². The van der Waals surface area contributed by atoms with Crippen molar-refractivity contribution >= 4 is 17.5 Å². The number of rotatable bonds is 6. The van der Waals surface area contributed by atoms with Gasteiger partial charge in [0.05, 0.1) is 6.54 Å². The summed E-state index contributed by atoms with van der Waals surface area (Å²) in [6.45, 7) is 5.33. The van der Waals surface area contributed by atoms with Gasteiger partial charge in [0, 0.05) is 24.3 Å². The zero-order valence-corrected chi connectivity index (χ0v) is 16.1. The average molecular weight is 383 g/mol. The maximum Gasteiger partial charge on any atom is 0.251 e. The molecule has 0 aliphatic carbocycles. The van der Waals surface area contributed by atoms with E-state index in [1.54, 1.807) is 0 Å². The molecular formula is C22H26FN3O2. The van der Waals surface area contributed by atoms with Crippen LogP contribution in [0.4, 0.5) is 10.1 Å². The Hall–Kier alpha value is -2.73. The summed E-state index contributed by atoms with van der Waals surface area (Å²) in [5, 5.41) is 5.30. The van der Waals surface area contributed by atoms with Crippen molar-refractivity contribution in [1.29, 1.82) is 0 Å². The maximum atomic E-state index is 12.9. The van der Waals surface area contributed by atoms with Gasteiger partial charge in [-0.1, -0.05) is 19.1 Å². The van der Waals surface area contributed by atoms with Crippen molar-refractivity contribution in [2.45, 2.75) is 26.3 Å². The van der Waals surface area contributed by atoms with Gasteiger partial charge in [-0.15, -0.1) is 0 Å². The highest BCUT2D eigenvalue weighted by atomic mass is 19.1. The fraction of sp³-hybridized carbons (Fsp3) is 0.364. The zero-order valence-electron chi connectivity index (χ0n) is 16.1. The van der Waals surface area contributed by atoms with Gasteiger partial charge in [-0.3, -0.25) is 14.5 Å². The lowest BCUT2D eigenvalue weighted by Gasteiger charge is -2.30. The number of likely N-dealkylation sites (tertiary alicyclic amines) is 1. The van der Waals surface area contributed by atoms with Gasteiger partial charge < -0.3 is 10.6 Å². The van der Waals surface area contributed by atoms with E-state index < -0.39 is 11.7 Å². The van der Waals surface area contributed by atoms with E-state index in [1.807, 2.05) is 24.3 Å². The van der Waals surface area contributed by atoms with E-state index in [4.69, 9.17) is 0 Å². The lowest BCUT2D eigenvalue weighted by atomic mass is 10.00. The largest absolute Gasteiger partial charge is 0.343 e. The molecule has 0 aromatic heterocycles. The van der Waals surface area contributed by atoms with Crippen LogP contribution in [-0.4, -0.2) is 36.3 Å². The normalized spacial score (nSPS) is 17.1. The Morgan fingerprint density at radius 3 is 2.50 bits per heavy atom. The fourth-order valence-electron chi connectivity index (χ4n) is 3.45. The second-order valence-electron chi connectivity index (χ2n) is 7.42. The standard InChI is InChI=1S/C22H26FN3O2/c1-16-3-2-12-26(14-16)15-17-4-10-20(11-5-17)25-21(27)13-24-22(28)18-6-8-19(23)9-7-18/h4-11,16H,2-3,12-15H2,1H3,(H,24,28)(H,25,27). The molecule has 3 rings (SSSR count). The average Bonchev–Trinajstić information content (AvgIpc) is 2.68. The molecule has 148 valence electrons. The first-order chi connectivity index (χ1) is 13.5. The molecule has 2 amide bonds. The van der Waals surface area contributed by atoms with E-state index in [0.717, 1.165) is 25.6 Å². The number of carbonyl (C=O) groups is 2. The molecule has 1 aliphatic rings. The van der Waals surface area contributed by atoms with Crippen molar-refractivity contribution in [3.8, 4) is 0 Å². The number of hydrogen-bond donors (Lipinski definition) is 2. The van der Waals surface area contributed by atoms with Crippen LogP contribution in [0.15, 0.2) is 48.5 Å². The summed E-state index contributed by atoms with van der Waals surface area (Å²) in [4.78, 5) is 26.5. The van der Waals surface area contributed by atoms with Crippen molar-refractivity contribution in [1.82, 2.24) is 10.2 Å². The van der Waals surface area contributed by atoms with Crippen LogP contribution in [0.2, 0.25) is 0 Å². The number of piperidine rings is 1. The molecule has 2 aromatic rings. The lowest BCUT2D eigenvalue weighted by Crippen LogP contribution is -2.33. The van der Waals surface area contributed by atoms with Gasteiger partial charge in [0.1, 0.15) is 5.82 Å². The smallest absolute Gasteiger partial charge is 0.251 e. The highest BCUT2D eigenvalue weighted by molar-refractivity contribution is 5.99. The monoisotopic (exact) mass is 383 g/mol. The van der Waals surface area contributed by atoms with E-state index >= 15 is 0 Å². The lowest BCUT2D eigenvalue weighted by molar-refractivity contribution is -0.115. The minimum absolute atomic E-state index is 0.149. The molecule has 0 radical (unpaired) electrons. The first kappa shape index (κ1) is 20.0. The van der Waals surface area contributed by atoms with E-state index in [-0.39, 0.29) is 12.5 Å². The minimum atomic E-state index is -0.416. The molecule has 0 spiro atoms. The van der Waals surface area contributed by atoms with Crippen molar-refractivity contribution in [3.63, 3.8) is 0 Å². The number of hydrogen-bond acceptors (Lipinski definition) is 3. The molecule has 1 aliphatic heterocycles. The first-order valence-electron chi connectivity index (χ1n) is 9.64. The molecule has 2 N–H and O–H groups in total. The summed E-state index contributed by atoms with van der Waals surface area (Å²) < 4.78 is 12.9. The molecule has 2 aromatic carbocycles. The molecule has 5 nitrogen and oxygen atoms in total. The molecule has 1 atom stereocenters. The number of carbonyl (C=O) groups excluding carboxylic acids is 2. The third-order valence-corrected chi connectivity index (χ3v) is 4.90. The molecular weight excluding hydrogens is 357 g/mol. The second kappa shape index (κ2) is 9.46. The Morgan fingerprint density at radius 1 is 1.11 bits per heavy atom. The quantitative estimate of drug-likeness (QED) is 0.803. The van der Waals surface area contributed by atoms with Gasteiger partial charge >= 0.3 is 0 Å². The molecule has 1 heterocycles. The highest BCUT2D eigenvalue weighted by Gasteiger charge is 2.16. The second-order valence-corrected chi connectivity index (χ2v) is 7.42. The van der Waals surface area contributed by atoms with Crippen molar-refractivity contribution in [2.75, 3.05) is 25.0 Å². The topological polar surface area (TPSA) is 61.4 Å². The molecule has 1 saturated heterocycles. The fourth-order valence-corrected chi connectivity index (χ4v) is 3.45. The Bertz CT molecular complexity index is 806. The number of anilines is 1. The van der Waals surface area contributed by atoms with Crippen LogP contribution in [0.1, 0.15) is 35.7 Å². The van der Waals surface area contributed by atoms with Crippen LogP contribution in [0.5, 0.6) is 0 Å². The predicted octanol–water partition coefficient (Wildman–Crippen LogP) is 3.43. The molecule has 0 bridgehead atoms. The van der Waals surface area contributed by atoms with Crippen molar-refractivity contribution < 1.29 is 14.0 Å². The van der Waals surface area contributed by atoms with Gasteiger partial charge in [0.25, 0.3) is 5.91 Å². The van der Waals surface area contributed by atoms with Crippen LogP contribution in [0.3, 0.4) is 0 Å². The summed E-state index contributed by atoms with van der Waals surface area (Å²) >= 11 is 0. The van der Waals surface area contributed by atoms with E-state index in [1.165, 1.54) is 42.7 Å². The Balaban J connectivity index is 1.45. The number of nitrogens with zero attached hydrogens (tertiary/aromatic N) is 1. The highest BCUT2D eigenvalue weighted by Crippen LogP contribution is 2.18. The Kier molecular flexibility index (Phi) is 6.76. The summed E-state index contributed by atoms with van der Waals surface area (Å²) in [6.07, 6.45) is 2.55. The summed E-state index contributed by atoms with van der Waals surface area (Å²) in [5.41, 5.74) is 2.22. The minimum Gasteiger partial charge on any atom is -0.343 e. The Morgan fingerprint density at radius 2 is 1.82 bits per heavy atom. The summed E-state index contributed by atoms with van der Waals surface area (Å²) in [6, 6.07) is 13.0. The number of nitrogens with one attached hydrogen (secondary N) is 2. The molecule has 1 unspecified atom stereocenters. The van der Waals surface area contributed by atoms with Crippen molar-refractivity contribution in [3.05, 3.63) is 65.5 Å². The summed E-state index contributed by atoms with van der Waals surface area (Å²) in [7, 11) is 0. The van der Waals surface area contributed by atoms with E-state index in [9.17, 15) is 14.0 Å². The Labute approximate surface area is 164 Å². The van der Waals surface area contributed by atoms with Crippen LogP contribution in [0, 0.1) is 11.7 Å². The van der Waals surface area contributed by atoms with Gasteiger partial charge in [0.2, 0.25) is 5.91 Å². The third kappa shape index (κ3) is 5.89. The summed E-state index contributed by atoms with van der Waals surface area (Å²) in [5.74, 6) is -0.390. The van der Waals surface area contributed by atoms with Crippen molar-refractivity contribution in [2.24, 2.45) is 5.92 Å². The van der Waals surface area contributed by atoms with Gasteiger partial charge in [-0.2, -0.15) is 0 Å². The third-order valence-electron chi connectivity index (χ3n) is 4.90. The van der Waals surface area contributed by atoms with Crippen LogP contribution < -0.4 is 10.6 Å². The predicted molar refractivity (Wildman–Crippen MR) is 107 cm³/mol. The number of benzene rings is 2.